The Morgan fingerprint density at radius 3 is 2.56 bits per heavy atom. The highest BCUT2D eigenvalue weighted by atomic mass is 19.1. The summed E-state index contributed by atoms with van der Waals surface area (Å²) in [4.78, 5) is 37.5. The van der Waals surface area contributed by atoms with E-state index >= 15 is 4.39 Å². The molecule has 0 amide bonds. The van der Waals surface area contributed by atoms with Gasteiger partial charge in [-0.3, -0.25) is 14.5 Å². The number of nitrogens with zero attached hydrogens (tertiary/aromatic N) is 3. The zero-order chi connectivity index (χ0) is 30.7. The molecule has 3 aromatic rings. The molecule has 1 aromatic heterocycles. The number of likely N-dealkylation sites (tertiary alicyclic amines) is 1. The molecule has 1 saturated carbocycles. The Morgan fingerprint density at radius 1 is 1.16 bits per heavy atom. The Hall–Kier alpha value is -3.45. The Labute approximate surface area is 248 Å². The van der Waals surface area contributed by atoms with Crippen molar-refractivity contribution in [2.24, 2.45) is 5.92 Å². The number of benzene rings is 2. The van der Waals surface area contributed by atoms with E-state index in [0.717, 1.165) is 18.4 Å². The Balaban J connectivity index is 1.43. The van der Waals surface area contributed by atoms with E-state index in [-0.39, 0.29) is 47.5 Å². The smallest absolute Gasteiger partial charge is 0.306 e. The number of anilines is 2. The maximum atomic E-state index is 15.9. The van der Waals surface area contributed by atoms with Crippen LogP contribution in [0.5, 0.6) is 0 Å². The van der Waals surface area contributed by atoms with Gasteiger partial charge in [-0.1, -0.05) is 12.1 Å². The van der Waals surface area contributed by atoms with Gasteiger partial charge in [-0.2, -0.15) is 10.0 Å². The highest BCUT2D eigenvalue weighted by Crippen LogP contribution is 2.35. The lowest BCUT2D eigenvalue weighted by Crippen LogP contribution is -2.63. The molecule has 2 fully saturated rings. The van der Waals surface area contributed by atoms with Gasteiger partial charge in [-0.25, -0.2) is 8.78 Å². The van der Waals surface area contributed by atoms with Gasteiger partial charge in [0.2, 0.25) is 0 Å². The van der Waals surface area contributed by atoms with E-state index in [0.29, 0.717) is 44.5 Å². The molecular formula is C31H38F2N4O6. The quantitative estimate of drug-likeness (QED) is 0.268. The number of carboxylic acid groups (broad SMARTS) is 1. The van der Waals surface area contributed by atoms with Crippen molar-refractivity contribution in [1.29, 1.82) is 0 Å². The second-order valence-electron chi connectivity index (χ2n) is 11.5. The van der Waals surface area contributed by atoms with Gasteiger partial charge < -0.3 is 24.4 Å². The molecule has 2 aromatic carbocycles. The van der Waals surface area contributed by atoms with Gasteiger partial charge in [0.25, 0.3) is 6.01 Å². The number of carboxylic acids is 1. The lowest BCUT2D eigenvalue weighted by atomic mass is 9.87. The van der Waals surface area contributed by atoms with E-state index in [4.69, 9.17) is 14.0 Å². The number of ketones is 1. The second-order valence-corrected chi connectivity index (χ2v) is 11.5. The maximum absolute atomic E-state index is 15.9. The first kappa shape index (κ1) is 31.0. The van der Waals surface area contributed by atoms with Gasteiger partial charge in [0, 0.05) is 32.2 Å². The molecule has 0 radical (unpaired) electrons. The largest absolute Gasteiger partial charge is 0.481 e. The normalized spacial score (nSPS) is 20.9. The molecule has 5 rings (SSSR count). The summed E-state index contributed by atoms with van der Waals surface area (Å²) in [6.45, 7) is 3.15. The molecule has 1 unspecified atom stereocenters. The highest BCUT2D eigenvalue weighted by molar-refractivity contribution is 5.90. The van der Waals surface area contributed by atoms with Gasteiger partial charge in [0.15, 0.2) is 22.9 Å². The Bertz CT molecular complexity index is 1470. The first-order valence-electron chi connectivity index (χ1n) is 14.6. The van der Waals surface area contributed by atoms with Crippen molar-refractivity contribution in [2.75, 3.05) is 39.1 Å². The fourth-order valence-corrected chi connectivity index (χ4v) is 6.04. The summed E-state index contributed by atoms with van der Waals surface area (Å²) < 4.78 is 42.0. The van der Waals surface area contributed by atoms with E-state index in [2.05, 4.69) is 10.3 Å². The molecule has 0 bridgehead atoms. The fraction of sp³-hybridized carbons (Fsp3) is 0.516. The zero-order valence-electron chi connectivity index (χ0n) is 24.7. The lowest BCUT2D eigenvalue weighted by molar-refractivity contribution is -0.231. The highest BCUT2D eigenvalue weighted by Gasteiger charge is 2.49. The van der Waals surface area contributed by atoms with E-state index < -0.39 is 29.2 Å². The summed E-state index contributed by atoms with van der Waals surface area (Å²) in [7, 11) is 3.21. The SMILES string of the molecule is CON(C)CC(OC1CCC(C(=O)O)CC1)(C(=O)Cc1ccc2nc(Nc3cc(F)ccc3C)oc2c1F)N1CCCC1. The summed E-state index contributed by atoms with van der Waals surface area (Å²) in [6.07, 6.45) is 3.13. The van der Waals surface area contributed by atoms with E-state index in [1.165, 1.54) is 30.4 Å². The minimum atomic E-state index is -1.42. The van der Waals surface area contributed by atoms with Crippen molar-refractivity contribution in [3.63, 3.8) is 0 Å². The fourth-order valence-electron chi connectivity index (χ4n) is 6.04. The molecule has 1 atom stereocenters. The monoisotopic (exact) mass is 600 g/mol. The first-order valence-corrected chi connectivity index (χ1v) is 14.6. The van der Waals surface area contributed by atoms with Gasteiger partial charge in [-0.05, 0) is 74.8 Å². The maximum Gasteiger partial charge on any atom is 0.306 e. The van der Waals surface area contributed by atoms with Crippen LogP contribution in [0.4, 0.5) is 20.5 Å². The lowest BCUT2D eigenvalue weighted by Gasteiger charge is -2.45. The van der Waals surface area contributed by atoms with Crippen LogP contribution in [-0.2, 0) is 25.6 Å². The number of nitrogens with one attached hydrogen (secondary N) is 1. The topological polar surface area (TPSA) is 117 Å². The number of hydrogen-bond donors (Lipinski definition) is 2. The second kappa shape index (κ2) is 13.0. The molecule has 10 nitrogen and oxygen atoms in total. The number of aliphatic carboxylic acids is 1. The number of likely N-dealkylation sites (N-methyl/N-ethyl adjacent to an activating group) is 1. The van der Waals surface area contributed by atoms with Crippen LogP contribution in [0.15, 0.2) is 34.7 Å². The van der Waals surface area contributed by atoms with Crippen LogP contribution in [0.25, 0.3) is 11.1 Å². The molecular weight excluding hydrogens is 562 g/mol. The standard InChI is InChI=1S/C31H38F2N4O6/c1-19-6-10-22(32)17-25(19)35-30-34-24-13-9-21(27(33)28(24)42-30)16-26(38)31(18-36(2)41-3,37-14-4-5-15-37)43-23-11-7-20(8-12-23)29(39)40/h6,9-10,13,17,20,23H,4-5,7-8,11-12,14-16,18H2,1-3H3,(H,34,35)(H,39,40). The third kappa shape index (κ3) is 6.72. The molecule has 2 aliphatic rings. The third-order valence-corrected chi connectivity index (χ3v) is 8.56. The minimum absolute atomic E-state index is 0.000457. The number of hydroxylamine groups is 2. The number of halogens is 2. The molecule has 0 spiro atoms. The van der Waals surface area contributed by atoms with Crippen molar-refractivity contribution in [3.8, 4) is 0 Å². The van der Waals surface area contributed by atoms with Crippen LogP contribution < -0.4 is 5.32 Å². The number of carbonyl (C=O) groups is 2. The number of rotatable bonds is 12. The van der Waals surface area contributed by atoms with Crippen molar-refractivity contribution in [3.05, 3.63) is 53.1 Å². The molecule has 1 saturated heterocycles. The number of aromatic nitrogens is 1. The third-order valence-electron chi connectivity index (χ3n) is 8.56. The van der Waals surface area contributed by atoms with Crippen molar-refractivity contribution < 1.29 is 37.5 Å². The van der Waals surface area contributed by atoms with E-state index in [1.807, 2.05) is 4.90 Å². The minimum Gasteiger partial charge on any atom is -0.481 e. The van der Waals surface area contributed by atoms with Crippen molar-refractivity contribution in [1.82, 2.24) is 14.9 Å². The molecule has 43 heavy (non-hydrogen) atoms. The molecule has 232 valence electrons. The van der Waals surface area contributed by atoms with E-state index in [9.17, 15) is 19.1 Å². The molecule has 2 N–H and O–H groups in total. The molecule has 1 aliphatic heterocycles. The number of carbonyl (C=O) groups excluding carboxylic acids is 1. The average Bonchev–Trinajstić information content (AvgIpc) is 3.67. The predicted octanol–water partition coefficient (Wildman–Crippen LogP) is 5.21. The van der Waals surface area contributed by atoms with Crippen LogP contribution in [-0.4, -0.2) is 77.4 Å². The number of ether oxygens (including phenoxy) is 1. The van der Waals surface area contributed by atoms with Crippen molar-refractivity contribution in [2.45, 2.75) is 63.7 Å². The van der Waals surface area contributed by atoms with Crippen LogP contribution in [0.2, 0.25) is 0 Å². The molecule has 1 aliphatic carbocycles. The number of aryl methyl sites for hydroxylation is 1. The molecule has 2 heterocycles. The van der Waals surface area contributed by atoms with Crippen LogP contribution in [0.1, 0.15) is 49.7 Å². The van der Waals surface area contributed by atoms with Gasteiger partial charge in [0.1, 0.15) is 11.3 Å². The average molecular weight is 601 g/mol. The molecule has 12 heteroatoms. The number of hydrogen-bond acceptors (Lipinski definition) is 9. The van der Waals surface area contributed by atoms with Gasteiger partial charge in [-0.15, -0.1) is 0 Å². The summed E-state index contributed by atoms with van der Waals surface area (Å²) in [5.74, 6) is -2.72. The van der Waals surface area contributed by atoms with Gasteiger partial charge >= 0.3 is 5.97 Å². The van der Waals surface area contributed by atoms with Crippen LogP contribution in [0.3, 0.4) is 0 Å². The van der Waals surface area contributed by atoms with Crippen molar-refractivity contribution >= 4 is 34.6 Å². The zero-order valence-corrected chi connectivity index (χ0v) is 24.7. The Morgan fingerprint density at radius 2 is 1.88 bits per heavy atom. The predicted molar refractivity (Wildman–Crippen MR) is 155 cm³/mol. The van der Waals surface area contributed by atoms with Crippen LogP contribution in [0, 0.1) is 24.5 Å². The van der Waals surface area contributed by atoms with Gasteiger partial charge in [0.05, 0.1) is 25.7 Å². The summed E-state index contributed by atoms with van der Waals surface area (Å²) in [5, 5.41) is 13.9. The summed E-state index contributed by atoms with van der Waals surface area (Å²) >= 11 is 0. The Kier molecular flexibility index (Phi) is 9.40. The first-order chi connectivity index (χ1) is 20.6. The van der Waals surface area contributed by atoms with Crippen LogP contribution >= 0.6 is 0 Å². The summed E-state index contributed by atoms with van der Waals surface area (Å²) in [5.41, 5.74) is 0.0358. The van der Waals surface area contributed by atoms with E-state index in [1.54, 1.807) is 26.1 Å². The number of fused-ring (bicyclic) bond motifs is 1. The number of oxazole rings is 1. The number of Topliss-reactive ketones (excluding diaryl/α,β-unsaturated/α-hetero) is 1. The summed E-state index contributed by atoms with van der Waals surface area (Å²) in [6, 6.07) is 7.35.